The number of carbonyl (C=O) groups excluding carboxylic acids is 1. The molecule has 8 nitrogen and oxygen atoms in total. The third-order valence-corrected chi connectivity index (χ3v) is 5.29. The zero-order valence-corrected chi connectivity index (χ0v) is 18.2. The van der Waals surface area contributed by atoms with Crippen molar-refractivity contribution in [3.8, 4) is 11.5 Å². The van der Waals surface area contributed by atoms with E-state index in [1.807, 2.05) is 4.90 Å². The average Bonchev–Trinajstić information content (AvgIpc) is 2.78. The van der Waals surface area contributed by atoms with Crippen LogP contribution in [0, 0.1) is 10.1 Å². The van der Waals surface area contributed by atoms with Gasteiger partial charge in [0.1, 0.15) is 5.56 Å². The Morgan fingerprint density at radius 3 is 2.42 bits per heavy atom. The van der Waals surface area contributed by atoms with E-state index >= 15 is 0 Å². The number of rotatable bonds is 7. The van der Waals surface area contributed by atoms with Crippen molar-refractivity contribution >= 4 is 23.0 Å². The number of carbonyl (C=O) groups is 1. The highest BCUT2D eigenvalue weighted by atomic mass is 19.4. The topological polar surface area (TPSA) is 93.9 Å². The van der Waals surface area contributed by atoms with E-state index in [-0.39, 0.29) is 29.4 Å². The molecule has 1 amide bonds. The fraction of sp³-hybridized carbons (Fsp3) is 0.409. The van der Waals surface area contributed by atoms with Gasteiger partial charge in [0.25, 0.3) is 11.6 Å². The van der Waals surface area contributed by atoms with Gasteiger partial charge in [-0.1, -0.05) is 0 Å². The van der Waals surface area contributed by atoms with Crippen molar-refractivity contribution in [3.05, 3.63) is 51.6 Å². The molecule has 1 saturated heterocycles. The Hall–Kier alpha value is -3.50. The summed E-state index contributed by atoms with van der Waals surface area (Å²) in [7, 11) is 1.31. The summed E-state index contributed by atoms with van der Waals surface area (Å²) < 4.78 is 50.5. The fourth-order valence-electron chi connectivity index (χ4n) is 3.72. The van der Waals surface area contributed by atoms with Crippen LogP contribution in [-0.4, -0.2) is 37.6 Å². The quantitative estimate of drug-likeness (QED) is 0.441. The predicted molar refractivity (Wildman–Crippen MR) is 116 cm³/mol. The van der Waals surface area contributed by atoms with E-state index in [4.69, 9.17) is 9.47 Å². The van der Waals surface area contributed by atoms with Gasteiger partial charge in [-0.3, -0.25) is 14.9 Å². The zero-order valence-electron chi connectivity index (χ0n) is 18.2. The highest BCUT2D eigenvalue weighted by molar-refractivity contribution is 6.09. The average molecular weight is 467 g/mol. The van der Waals surface area contributed by atoms with E-state index in [1.165, 1.54) is 13.2 Å². The molecule has 1 N–H and O–H groups in total. The van der Waals surface area contributed by atoms with Crippen molar-refractivity contribution in [3.63, 3.8) is 0 Å². The van der Waals surface area contributed by atoms with Gasteiger partial charge < -0.3 is 19.7 Å². The summed E-state index contributed by atoms with van der Waals surface area (Å²) in [6.07, 6.45) is -1.86. The van der Waals surface area contributed by atoms with Crippen LogP contribution in [0.3, 0.4) is 0 Å². The first-order chi connectivity index (χ1) is 15.7. The Kier molecular flexibility index (Phi) is 7.29. The molecule has 0 bridgehead atoms. The third kappa shape index (κ3) is 5.47. The molecule has 2 aromatic carbocycles. The molecule has 1 heterocycles. The first-order valence-electron chi connectivity index (χ1n) is 10.4. The third-order valence-electron chi connectivity index (χ3n) is 5.29. The number of hydrogen-bond donors (Lipinski definition) is 1. The molecule has 0 aliphatic carbocycles. The number of nitrogens with zero attached hydrogens (tertiary/aromatic N) is 2. The number of amides is 1. The largest absolute Gasteiger partial charge is 0.493 e. The molecule has 2 aromatic rings. The van der Waals surface area contributed by atoms with Gasteiger partial charge in [-0.2, -0.15) is 13.2 Å². The normalized spacial score (nSPS) is 14.0. The summed E-state index contributed by atoms with van der Waals surface area (Å²) in [4.78, 5) is 25.8. The smallest absolute Gasteiger partial charge is 0.416 e. The summed E-state index contributed by atoms with van der Waals surface area (Å²) in [6.45, 7) is 3.15. The predicted octanol–water partition coefficient (Wildman–Crippen LogP) is 5.26. The molecule has 0 saturated carbocycles. The van der Waals surface area contributed by atoms with Crippen molar-refractivity contribution in [1.82, 2.24) is 0 Å². The number of nitro benzene ring substituents is 1. The van der Waals surface area contributed by atoms with E-state index in [9.17, 15) is 28.1 Å². The monoisotopic (exact) mass is 467 g/mol. The lowest BCUT2D eigenvalue weighted by Crippen LogP contribution is -2.30. The van der Waals surface area contributed by atoms with Gasteiger partial charge in [0.2, 0.25) is 0 Å². The number of anilines is 2. The zero-order chi connectivity index (χ0) is 24.2. The number of ether oxygens (including phenoxy) is 2. The Morgan fingerprint density at radius 1 is 1.15 bits per heavy atom. The summed E-state index contributed by atoms with van der Waals surface area (Å²) >= 11 is 0. The van der Waals surface area contributed by atoms with Crippen molar-refractivity contribution in [1.29, 1.82) is 0 Å². The molecule has 0 spiro atoms. The van der Waals surface area contributed by atoms with Crippen LogP contribution in [-0.2, 0) is 6.18 Å². The molecular weight excluding hydrogens is 443 g/mol. The maximum atomic E-state index is 13.3. The number of halogens is 3. The Bertz CT molecular complexity index is 1040. The molecule has 3 rings (SSSR count). The maximum Gasteiger partial charge on any atom is 0.416 e. The van der Waals surface area contributed by atoms with E-state index < -0.39 is 28.3 Å². The maximum absolute atomic E-state index is 13.3. The van der Waals surface area contributed by atoms with E-state index in [0.717, 1.165) is 43.5 Å². The van der Waals surface area contributed by atoms with E-state index in [0.29, 0.717) is 18.8 Å². The summed E-state index contributed by atoms with van der Waals surface area (Å²) in [5.74, 6) is -0.759. The molecule has 0 aromatic heterocycles. The molecular formula is C22H24F3N3O5. The SMILES string of the molecule is CCOc1cc([N+](=O)[O-])c(C(=O)Nc2cc(C(F)(F)F)ccc2N2CCCCC2)cc1OC. The number of nitrogens with one attached hydrogen (secondary N) is 1. The van der Waals surface area contributed by atoms with Gasteiger partial charge in [0.05, 0.1) is 41.6 Å². The standard InChI is InChI=1S/C22H24F3N3O5/c1-3-33-20-13-18(28(30)31)15(12-19(20)32-2)21(29)26-16-11-14(22(23,24)25)7-8-17(16)27-9-5-4-6-10-27/h7-8,11-13H,3-6,9-10H2,1-2H3,(H,26,29). The van der Waals surface area contributed by atoms with Crippen LogP contribution >= 0.6 is 0 Å². The van der Waals surface area contributed by atoms with Gasteiger partial charge in [-0.05, 0) is 44.4 Å². The second-order valence-electron chi connectivity index (χ2n) is 7.44. The van der Waals surface area contributed by atoms with Gasteiger partial charge in [-0.15, -0.1) is 0 Å². The van der Waals surface area contributed by atoms with Crippen molar-refractivity contribution in [2.24, 2.45) is 0 Å². The van der Waals surface area contributed by atoms with Crippen LogP contribution in [0.25, 0.3) is 0 Å². The summed E-state index contributed by atoms with van der Waals surface area (Å²) in [5, 5.41) is 14.1. The van der Waals surface area contributed by atoms with Gasteiger partial charge in [0, 0.05) is 19.2 Å². The lowest BCUT2D eigenvalue weighted by atomic mass is 10.1. The van der Waals surface area contributed by atoms with Crippen LogP contribution in [0.15, 0.2) is 30.3 Å². The van der Waals surface area contributed by atoms with Crippen LogP contribution in [0.2, 0.25) is 0 Å². The molecule has 0 radical (unpaired) electrons. The number of hydrogen-bond acceptors (Lipinski definition) is 6. The van der Waals surface area contributed by atoms with Crippen LogP contribution in [0.1, 0.15) is 42.1 Å². The number of piperidine rings is 1. The Balaban J connectivity index is 2.04. The molecule has 11 heteroatoms. The highest BCUT2D eigenvalue weighted by Crippen LogP contribution is 2.38. The number of benzene rings is 2. The van der Waals surface area contributed by atoms with E-state index in [2.05, 4.69) is 5.32 Å². The van der Waals surface area contributed by atoms with Gasteiger partial charge >= 0.3 is 6.18 Å². The van der Waals surface area contributed by atoms with Crippen LogP contribution < -0.4 is 19.7 Å². The summed E-state index contributed by atoms with van der Waals surface area (Å²) in [6, 6.07) is 5.33. The van der Waals surface area contributed by atoms with Crippen molar-refractivity contribution in [2.75, 3.05) is 37.0 Å². The van der Waals surface area contributed by atoms with Crippen molar-refractivity contribution < 1.29 is 32.4 Å². The molecule has 1 aliphatic rings. The lowest BCUT2D eigenvalue weighted by molar-refractivity contribution is -0.385. The molecule has 0 atom stereocenters. The molecule has 178 valence electrons. The number of methoxy groups -OCH3 is 1. The van der Waals surface area contributed by atoms with Crippen LogP contribution in [0.5, 0.6) is 11.5 Å². The number of nitro groups is 1. The Morgan fingerprint density at radius 2 is 1.85 bits per heavy atom. The minimum absolute atomic E-state index is 0.0705. The molecule has 0 unspecified atom stereocenters. The second-order valence-corrected chi connectivity index (χ2v) is 7.44. The fourth-order valence-corrected chi connectivity index (χ4v) is 3.72. The lowest BCUT2D eigenvalue weighted by Gasteiger charge is -2.31. The molecule has 1 aliphatic heterocycles. The van der Waals surface area contributed by atoms with Gasteiger partial charge in [0.15, 0.2) is 11.5 Å². The highest BCUT2D eigenvalue weighted by Gasteiger charge is 2.32. The number of alkyl halides is 3. The van der Waals surface area contributed by atoms with Crippen molar-refractivity contribution in [2.45, 2.75) is 32.4 Å². The summed E-state index contributed by atoms with van der Waals surface area (Å²) in [5.41, 5.74) is -1.49. The minimum atomic E-state index is -4.62. The first kappa shape index (κ1) is 24.1. The first-order valence-corrected chi connectivity index (χ1v) is 10.4. The minimum Gasteiger partial charge on any atom is -0.493 e. The van der Waals surface area contributed by atoms with Crippen LogP contribution in [0.4, 0.5) is 30.2 Å². The Labute approximate surface area is 188 Å². The molecule has 1 fully saturated rings. The van der Waals surface area contributed by atoms with Gasteiger partial charge in [-0.25, -0.2) is 0 Å². The van der Waals surface area contributed by atoms with E-state index in [1.54, 1.807) is 6.92 Å². The molecule has 33 heavy (non-hydrogen) atoms. The second kappa shape index (κ2) is 9.97.